The van der Waals surface area contributed by atoms with Gasteiger partial charge in [0.15, 0.2) is 5.69 Å². The Kier molecular flexibility index (Phi) is 6.51. The predicted molar refractivity (Wildman–Crippen MR) is 107 cm³/mol. The highest BCUT2D eigenvalue weighted by Crippen LogP contribution is 2.38. The van der Waals surface area contributed by atoms with E-state index >= 15 is 0 Å². The number of hydrogen-bond acceptors (Lipinski definition) is 5. The lowest BCUT2D eigenvalue weighted by atomic mass is 10.2. The molecule has 3 rings (SSSR count). The van der Waals surface area contributed by atoms with Crippen LogP contribution >= 0.6 is 23.2 Å². The van der Waals surface area contributed by atoms with Crippen LogP contribution in [0, 0.1) is 0 Å². The van der Waals surface area contributed by atoms with Crippen molar-refractivity contribution in [2.75, 3.05) is 6.61 Å². The van der Waals surface area contributed by atoms with Gasteiger partial charge >= 0.3 is 0 Å². The Hall–Kier alpha value is -2.61. The van der Waals surface area contributed by atoms with Gasteiger partial charge < -0.3 is 14.9 Å². The van der Waals surface area contributed by atoms with Gasteiger partial charge in [0.25, 0.3) is 5.91 Å². The van der Waals surface area contributed by atoms with Gasteiger partial charge in [-0.3, -0.25) is 9.36 Å². The Balaban J connectivity index is 1.59. The third kappa shape index (κ3) is 4.44. The van der Waals surface area contributed by atoms with Crippen molar-refractivity contribution in [3.63, 3.8) is 0 Å². The van der Waals surface area contributed by atoms with Crippen LogP contribution < -0.4 is 4.74 Å². The van der Waals surface area contributed by atoms with E-state index in [1.165, 1.54) is 4.57 Å². The first kappa shape index (κ1) is 20.1. The molecule has 1 aromatic heterocycles. The first-order valence-corrected chi connectivity index (χ1v) is 9.20. The number of benzene rings is 2. The number of aliphatic hydroxyl groups is 1. The molecule has 2 aromatic carbocycles. The summed E-state index contributed by atoms with van der Waals surface area (Å²) in [6.45, 7) is -0.141. The van der Waals surface area contributed by atoms with Gasteiger partial charge in [0.05, 0.1) is 17.1 Å². The molecule has 0 radical (unpaired) electrons. The van der Waals surface area contributed by atoms with E-state index in [1.54, 1.807) is 42.5 Å². The number of halogens is 2. The van der Waals surface area contributed by atoms with Crippen LogP contribution in [-0.2, 0) is 11.5 Å². The molecule has 0 spiro atoms. The summed E-state index contributed by atoms with van der Waals surface area (Å²) >= 11 is 11.8. The van der Waals surface area contributed by atoms with Gasteiger partial charge in [-0.1, -0.05) is 41.4 Å². The summed E-state index contributed by atoms with van der Waals surface area (Å²) in [5.41, 5.74) is 0.735. The Morgan fingerprint density at radius 1 is 1.18 bits per heavy atom. The number of carbonyl (C=O) groups excluding carboxylic acids is 1. The molecule has 0 aliphatic rings. The van der Waals surface area contributed by atoms with Gasteiger partial charge in [-0.05, 0) is 30.7 Å². The van der Waals surface area contributed by atoms with Gasteiger partial charge in [-0.2, -0.15) is 0 Å². The topological polar surface area (TPSA) is 96.4 Å². The Labute approximate surface area is 170 Å². The van der Waals surface area contributed by atoms with Crippen molar-refractivity contribution in [1.29, 1.82) is 0 Å². The summed E-state index contributed by atoms with van der Waals surface area (Å²) in [4.78, 5) is 12.0. The number of fused-ring (bicyclic) bond motifs is 1. The first-order chi connectivity index (χ1) is 13.5. The highest BCUT2D eigenvalue weighted by Gasteiger charge is 2.16. The zero-order valence-electron chi connectivity index (χ0n) is 14.7. The molecule has 0 bridgehead atoms. The number of para-hydroxylation sites is 1. The van der Waals surface area contributed by atoms with Crippen LogP contribution in [0.25, 0.3) is 10.9 Å². The average molecular weight is 422 g/mol. The highest BCUT2D eigenvalue weighted by molar-refractivity contribution is 6.35. The van der Waals surface area contributed by atoms with E-state index < -0.39 is 12.6 Å². The van der Waals surface area contributed by atoms with Crippen molar-refractivity contribution in [3.8, 4) is 11.6 Å². The summed E-state index contributed by atoms with van der Waals surface area (Å²) in [6, 6.07) is 11.9. The summed E-state index contributed by atoms with van der Waals surface area (Å²) < 4.78 is 6.79. The molecule has 146 valence electrons. The van der Waals surface area contributed by atoms with Crippen LogP contribution in [0.15, 0.2) is 52.7 Å². The lowest BCUT2D eigenvalue weighted by Crippen LogP contribution is -2.01. The maximum Gasteiger partial charge on any atom is 0.264 e. The molecule has 0 fully saturated rings. The van der Waals surface area contributed by atoms with Crippen molar-refractivity contribution in [3.05, 3.63) is 52.5 Å². The third-order valence-corrected chi connectivity index (χ3v) is 4.54. The number of amides is 1. The minimum atomic E-state index is -0.453. The number of hydrogen-bond donors (Lipinski definition) is 2. The molecule has 0 atom stereocenters. The van der Waals surface area contributed by atoms with E-state index in [0.29, 0.717) is 33.1 Å². The fourth-order valence-corrected chi connectivity index (χ4v) is 3.13. The van der Waals surface area contributed by atoms with E-state index in [9.17, 15) is 15.0 Å². The third-order valence-electron chi connectivity index (χ3n) is 4.01. The minimum absolute atomic E-state index is 0.119. The SMILES string of the molecule is O=C(CCCOc1ccc(Cl)cc1Cl)N=Nc1c(O)n(CO)c2ccccc12. The minimum Gasteiger partial charge on any atom is -0.493 e. The van der Waals surface area contributed by atoms with E-state index in [-0.39, 0.29) is 24.6 Å². The normalized spacial score (nSPS) is 11.4. The molecule has 0 aliphatic carbocycles. The zero-order chi connectivity index (χ0) is 20.1. The molecule has 0 unspecified atom stereocenters. The van der Waals surface area contributed by atoms with Crippen molar-refractivity contribution in [2.24, 2.45) is 10.2 Å². The van der Waals surface area contributed by atoms with Crippen LogP contribution in [0.1, 0.15) is 12.8 Å². The van der Waals surface area contributed by atoms with Gasteiger partial charge in [0.2, 0.25) is 5.88 Å². The maximum atomic E-state index is 12.0. The molecule has 0 aliphatic heterocycles. The van der Waals surface area contributed by atoms with Crippen LogP contribution in [-0.4, -0.2) is 27.3 Å². The second kappa shape index (κ2) is 9.05. The first-order valence-electron chi connectivity index (χ1n) is 8.44. The molecule has 3 aromatic rings. The van der Waals surface area contributed by atoms with Gasteiger partial charge in [0, 0.05) is 16.8 Å². The number of azo groups is 1. The molecule has 1 amide bonds. The fourth-order valence-electron chi connectivity index (χ4n) is 2.67. The van der Waals surface area contributed by atoms with E-state index in [0.717, 1.165) is 0 Å². The Morgan fingerprint density at radius 3 is 2.71 bits per heavy atom. The standard InChI is InChI=1S/C19H17Cl2N3O4/c20-12-7-8-16(14(21)10-12)28-9-3-6-17(26)22-23-18-13-4-1-2-5-15(13)24(11-25)19(18)27/h1-2,4-5,7-8,10,25,27H,3,6,9,11H2. The van der Waals surface area contributed by atoms with Crippen molar-refractivity contribution in [2.45, 2.75) is 19.6 Å². The molecular weight excluding hydrogens is 405 g/mol. The molecule has 28 heavy (non-hydrogen) atoms. The lowest BCUT2D eigenvalue weighted by molar-refractivity contribution is -0.118. The van der Waals surface area contributed by atoms with E-state index in [1.807, 2.05) is 0 Å². The molecule has 0 saturated carbocycles. The number of ether oxygens (including phenoxy) is 1. The summed E-state index contributed by atoms with van der Waals surface area (Å²) in [6.07, 6.45) is 0.537. The van der Waals surface area contributed by atoms with Crippen LogP contribution in [0.4, 0.5) is 5.69 Å². The second-order valence-corrected chi connectivity index (χ2v) is 6.72. The van der Waals surface area contributed by atoms with Crippen molar-refractivity contribution >= 4 is 45.7 Å². The molecule has 7 nitrogen and oxygen atoms in total. The van der Waals surface area contributed by atoms with Gasteiger partial charge in [-0.15, -0.1) is 10.2 Å². The number of aromatic hydroxyl groups is 1. The van der Waals surface area contributed by atoms with Crippen molar-refractivity contribution < 1.29 is 19.7 Å². The number of carbonyl (C=O) groups is 1. The molecule has 1 heterocycles. The molecule has 0 saturated heterocycles. The summed E-state index contributed by atoms with van der Waals surface area (Å²) in [5.74, 6) is -0.214. The fraction of sp³-hybridized carbons (Fsp3) is 0.211. The quantitative estimate of drug-likeness (QED) is 0.410. The largest absolute Gasteiger partial charge is 0.493 e. The Bertz CT molecular complexity index is 1030. The predicted octanol–water partition coefficient (Wildman–Crippen LogP) is 5.07. The van der Waals surface area contributed by atoms with E-state index in [4.69, 9.17) is 27.9 Å². The number of rotatable bonds is 7. The average Bonchev–Trinajstić information content (AvgIpc) is 2.95. The lowest BCUT2D eigenvalue weighted by Gasteiger charge is -2.07. The number of aliphatic hydroxyl groups excluding tert-OH is 1. The number of nitrogens with zero attached hydrogens (tertiary/aromatic N) is 3. The summed E-state index contributed by atoms with van der Waals surface area (Å²) in [7, 11) is 0. The van der Waals surface area contributed by atoms with Gasteiger partial charge in [0.1, 0.15) is 12.5 Å². The monoisotopic (exact) mass is 421 g/mol. The second-order valence-electron chi connectivity index (χ2n) is 5.88. The maximum absolute atomic E-state index is 12.0. The Morgan fingerprint density at radius 2 is 1.96 bits per heavy atom. The highest BCUT2D eigenvalue weighted by atomic mass is 35.5. The van der Waals surface area contributed by atoms with Crippen LogP contribution in [0.5, 0.6) is 11.6 Å². The molecule has 9 heteroatoms. The molecular formula is C19H17Cl2N3O4. The van der Waals surface area contributed by atoms with Crippen LogP contribution in [0.2, 0.25) is 10.0 Å². The van der Waals surface area contributed by atoms with Crippen molar-refractivity contribution in [1.82, 2.24) is 4.57 Å². The van der Waals surface area contributed by atoms with E-state index in [2.05, 4.69) is 10.2 Å². The smallest absolute Gasteiger partial charge is 0.264 e. The zero-order valence-corrected chi connectivity index (χ0v) is 16.2. The molecule has 2 N–H and O–H groups in total. The van der Waals surface area contributed by atoms with Gasteiger partial charge in [-0.25, -0.2) is 0 Å². The number of aromatic nitrogens is 1. The summed E-state index contributed by atoms with van der Waals surface area (Å²) in [5, 5.41) is 28.7. The van der Waals surface area contributed by atoms with Crippen LogP contribution in [0.3, 0.4) is 0 Å².